The molecule has 92 valence electrons. The van der Waals surface area contributed by atoms with Crippen LogP contribution in [-0.2, 0) is 0 Å². The maximum absolute atomic E-state index is 11.2. The highest BCUT2D eigenvalue weighted by atomic mass is 16.3. The maximum atomic E-state index is 11.2. The van der Waals surface area contributed by atoms with Crippen LogP contribution in [0, 0.1) is 28.6 Å². The van der Waals surface area contributed by atoms with Crippen molar-refractivity contribution in [1.29, 1.82) is 0 Å². The first-order valence-corrected chi connectivity index (χ1v) is 7.01. The predicted molar refractivity (Wildman–Crippen MR) is 66.1 cm³/mol. The first kappa shape index (κ1) is 11.1. The second-order valence-electron chi connectivity index (χ2n) is 7.94. The van der Waals surface area contributed by atoms with Gasteiger partial charge in [-0.15, -0.1) is 0 Å². The molecule has 0 amide bonds. The Morgan fingerprint density at radius 3 is 2.44 bits per heavy atom. The molecule has 16 heavy (non-hydrogen) atoms. The minimum atomic E-state index is -0.329. The Balaban J connectivity index is 2.01. The minimum Gasteiger partial charge on any atom is -0.389 e. The van der Waals surface area contributed by atoms with Gasteiger partial charge < -0.3 is 5.11 Å². The average molecular weight is 222 g/mol. The molecule has 0 aromatic carbocycles. The highest BCUT2D eigenvalue weighted by Gasteiger charge is 2.69. The topological polar surface area (TPSA) is 20.2 Å². The number of hydrogen-bond donors (Lipinski definition) is 1. The lowest BCUT2D eigenvalue weighted by molar-refractivity contribution is -0.0717. The van der Waals surface area contributed by atoms with Crippen LogP contribution >= 0.6 is 0 Å². The fourth-order valence-electron chi connectivity index (χ4n) is 5.01. The normalized spacial score (nSPS) is 58.7. The second kappa shape index (κ2) is 2.85. The van der Waals surface area contributed by atoms with Crippen LogP contribution in [-0.4, -0.2) is 10.7 Å². The Kier molecular flexibility index (Phi) is 1.98. The number of hydrogen-bond acceptors (Lipinski definition) is 1. The van der Waals surface area contributed by atoms with E-state index in [9.17, 15) is 5.11 Å². The van der Waals surface area contributed by atoms with Crippen LogP contribution in [0.2, 0.25) is 0 Å². The van der Waals surface area contributed by atoms with E-state index in [0.29, 0.717) is 11.3 Å². The standard InChI is InChI=1S/C15H26O/c1-10-5-6-15(16)12(10)9-13(2,3)7-11-8-14(11,15)4/h10-12,16H,5-9H2,1-4H3/t10-,11+,12?,14-,15+/m1/s1. The molecule has 0 heterocycles. The fourth-order valence-corrected chi connectivity index (χ4v) is 5.01. The van der Waals surface area contributed by atoms with Crippen LogP contribution in [0.5, 0.6) is 0 Å². The first-order valence-electron chi connectivity index (χ1n) is 7.01. The van der Waals surface area contributed by atoms with E-state index in [-0.39, 0.29) is 11.0 Å². The van der Waals surface area contributed by atoms with Crippen LogP contribution in [0.25, 0.3) is 0 Å². The van der Waals surface area contributed by atoms with Gasteiger partial charge in [0.25, 0.3) is 0 Å². The molecule has 0 aliphatic heterocycles. The van der Waals surface area contributed by atoms with Gasteiger partial charge in [-0.3, -0.25) is 0 Å². The lowest BCUT2D eigenvalue weighted by Crippen LogP contribution is -2.43. The molecule has 1 N–H and O–H groups in total. The zero-order valence-electron chi connectivity index (χ0n) is 11.2. The van der Waals surface area contributed by atoms with Crippen LogP contribution in [0.1, 0.15) is 59.8 Å². The molecule has 0 spiro atoms. The van der Waals surface area contributed by atoms with Crippen molar-refractivity contribution in [1.82, 2.24) is 0 Å². The molecule has 3 saturated carbocycles. The number of fused-ring (bicyclic) bond motifs is 3. The van der Waals surface area contributed by atoms with Gasteiger partial charge >= 0.3 is 0 Å². The van der Waals surface area contributed by atoms with Crippen molar-refractivity contribution in [3.8, 4) is 0 Å². The fraction of sp³-hybridized carbons (Fsp3) is 1.00. The van der Waals surface area contributed by atoms with E-state index in [0.717, 1.165) is 18.3 Å². The van der Waals surface area contributed by atoms with Crippen LogP contribution in [0.15, 0.2) is 0 Å². The van der Waals surface area contributed by atoms with E-state index < -0.39 is 0 Å². The average Bonchev–Trinajstić information content (AvgIpc) is 2.73. The Morgan fingerprint density at radius 1 is 1.06 bits per heavy atom. The van der Waals surface area contributed by atoms with Gasteiger partial charge in [-0.1, -0.05) is 27.7 Å². The third kappa shape index (κ3) is 1.21. The number of rotatable bonds is 0. The van der Waals surface area contributed by atoms with Crippen molar-refractivity contribution in [3.05, 3.63) is 0 Å². The monoisotopic (exact) mass is 222 g/mol. The van der Waals surface area contributed by atoms with Crippen LogP contribution in [0.4, 0.5) is 0 Å². The summed E-state index contributed by atoms with van der Waals surface area (Å²) in [6, 6.07) is 0. The van der Waals surface area contributed by atoms with Crippen LogP contribution < -0.4 is 0 Å². The van der Waals surface area contributed by atoms with E-state index in [1.54, 1.807) is 0 Å². The Labute approximate surface area is 99.6 Å². The zero-order valence-corrected chi connectivity index (χ0v) is 11.2. The largest absolute Gasteiger partial charge is 0.389 e. The Hall–Kier alpha value is -0.0400. The second-order valence-corrected chi connectivity index (χ2v) is 7.94. The highest BCUT2D eigenvalue weighted by molar-refractivity contribution is 5.19. The molecule has 5 atom stereocenters. The molecule has 0 bridgehead atoms. The van der Waals surface area contributed by atoms with Gasteiger partial charge in [0.2, 0.25) is 0 Å². The van der Waals surface area contributed by atoms with E-state index in [2.05, 4.69) is 27.7 Å². The minimum absolute atomic E-state index is 0.260. The molecular formula is C15H26O. The maximum Gasteiger partial charge on any atom is 0.0734 e. The van der Waals surface area contributed by atoms with Gasteiger partial charge in [-0.2, -0.15) is 0 Å². The molecule has 1 heteroatoms. The van der Waals surface area contributed by atoms with E-state index >= 15 is 0 Å². The lowest BCUT2D eigenvalue weighted by Gasteiger charge is -2.39. The molecule has 3 aliphatic rings. The van der Waals surface area contributed by atoms with Gasteiger partial charge in [-0.25, -0.2) is 0 Å². The summed E-state index contributed by atoms with van der Waals surface area (Å²) in [5.41, 5.74) is 0.372. The third-order valence-electron chi connectivity index (χ3n) is 6.25. The highest BCUT2D eigenvalue weighted by Crippen LogP contribution is 2.71. The van der Waals surface area contributed by atoms with Gasteiger partial charge in [0, 0.05) is 0 Å². The summed E-state index contributed by atoms with van der Waals surface area (Å²) in [6.45, 7) is 9.51. The van der Waals surface area contributed by atoms with E-state index in [1.165, 1.54) is 25.7 Å². The molecule has 3 rings (SSSR count). The molecule has 0 aromatic rings. The van der Waals surface area contributed by atoms with E-state index in [4.69, 9.17) is 0 Å². The van der Waals surface area contributed by atoms with Crippen LogP contribution in [0.3, 0.4) is 0 Å². The summed E-state index contributed by atoms with van der Waals surface area (Å²) in [6.07, 6.45) is 6.13. The summed E-state index contributed by atoms with van der Waals surface area (Å²) in [4.78, 5) is 0. The predicted octanol–water partition coefficient (Wildman–Crippen LogP) is 3.61. The van der Waals surface area contributed by atoms with Crippen molar-refractivity contribution >= 4 is 0 Å². The molecule has 0 saturated heterocycles. The Bertz CT molecular complexity index is 321. The van der Waals surface area contributed by atoms with Gasteiger partial charge in [0.1, 0.15) is 0 Å². The molecule has 0 radical (unpaired) electrons. The summed E-state index contributed by atoms with van der Waals surface area (Å²) >= 11 is 0. The SMILES string of the molecule is C[C@@H]1CC[C@]2(O)C1CC(C)(C)C[C@H]1C[C@]12C. The first-order chi connectivity index (χ1) is 7.29. The van der Waals surface area contributed by atoms with Crippen molar-refractivity contribution in [2.45, 2.75) is 65.4 Å². The van der Waals surface area contributed by atoms with Gasteiger partial charge in [0.15, 0.2) is 0 Å². The van der Waals surface area contributed by atoms with Crippen molar-refractivity contribution in [2.24, 2.45) is 28.6 Å². The molecule has 1 unspecified atom stereocenters. The summed E-state index contributed by atoms with van der Waals surface area (Å²) in [5, 5.41) is 11.2. The summed E-state index contributed by atoms with van der Waals surface area (Å²) < 4.78 is 0. The van der Waals surface area contributed by atoms with Crippen molar-refractivity contribution < 1.29 is 5.11 Å². The third-order valence-corrected chi connectivity index (χ3v) is 6.25. The molecule has 0 aromatic heterocycles. The molecule has 3 aliphatic carbocycles. The van der Waals surface area contributed by atoms with Crippen molar-refractivity contribution in [2.75, 3.05) is 0 Å². The molecule has 3 fully saturated rings. The zero-order chi connectivity index (χ0) is 11.8. The molecular weight excluding hydrogens is 196 g/mol. The van der Waals surface area contributed by atoms with Crippen molar-refractivity contribution in [3.63, 3.8) is 0 Å². The lowest BCUT2D eigenvalue weighted by atomic mass is 9.71. The van der Waals surface area contributed by atoms with Gasteiger partial charge in [-0.05, 0) is 60.7 Å². The smallest absolute Gasteiger partial charge is 0.0734 e. The number of aliphatic hydroxyl groups is 1. The molecule has 1 nitrogen and oxygen atoms in total. The quantitative estimate of drug-likeness (QED) is 0.664. The van der Waals surface area contributed by atoms with Gasteiger partial charge in [0.05, 0.1) is 5.60 Å². The summed E-state index contributed by atoms with van der Waals surface area (Å²) in [7, 11) is 0. The Morgan fingerprint density at radius 2 is 1.75 bits per heavy atom. The van der Waals surface area contributed by atoms with E-state index in [1.807, 2.05) is 0 Å². The summed E-state index contributed by atoms with van der Waals surface area (Å²) in [5.74, 6) is 2.07.